The van der Waals surface area contributed by atoms with Crippen LogP contribution in [0.15, 0.2) is 72.3 Å². The lowest BCUT2D eigenvalue weighted by Gasteiger charge is -2.40. The number of hydrogen-bond donors (Lipinski definition) is 3. The quantitative estimate of drug-likeness (QED) is 0.466. The van der Waals surface area contributed by atoms with Gasteiger partial charge in [-0.05, 0) is 48.8 Å². The van der Waals surface area contributed by atoms with E-state index >= 15 is 0 Å². The van der Waals surface area contributed by atoms with Crippen LogP contribution in [0.4, 0.5) is 4.39 Å². The Hall–Kier alpha value is -3.49. The Kier molecular flexibility index (Phi) is 8.18. The van der Waals surface area contributed by atoms with Gasteiger partial charge in [-0.2, -0.15) is 0 Å². The Balaban J connectivity index is 1.71. The van der Waals surface area contributed by atoms with E-state index in [1.54, 1.807) is 30.4 Å². The van der Waals surface area contributed by atoms with E-state index in [2.05, 4.69) is 5.32 Å². The topological polar surface area (TPSA) is 99.1 Å². The molecule has 1 aliphatic heterocycles. The minimum atomic E-state index is -1.11. The van der Waals surface area contributed by atoms with Crippen molar-refractivity contribution in [3.63, 3.8) is 0 Å². The fourth-order valence-corrected chi connectivity index (χ4v) is 4.85. The smallest absolute Gasteiger partial charge is 0.247 e. The standard InChI is InChI=1S/C28H31FN2O5/c1-2-3-11-24(33)31(14-12-18-7-6-8-19(29)16-18)22-17-21(28(35)30-13-15-32)25-20-9-4-5-10-23(20)36-27(25)26(22)34/h3-11,16-17,22,25-27,32,34H,2,12-15H2,1H3,(H,30,35)/t22-,25+,26+,27+/m1/s1. The van der Waals surface area contributed by atoms with Crippen LogP contribution in [0, 0.1) is 5.82 Å². The molecule has 0 saturated carbocycles. The first-order valence-electron chi connectivity index (χ1n) is 12.2. The van der Waals surface area contributed by atoms with E-state index < -0.39 is 30.1 Å². The fraction of sp³-hybridized carbons (Fsp3) is 0.357. The van der Waals surface area contributed by atoms with Crippen LogP contribution in [0.3, 0.4) is 0 Å². The maximum Gasteiger partial charge on any atom is 0.247 e. The number of amides is 2. The second-order valence-corrected chi connectivity index (χ2v) is 8.90. The van der Waals surface area contributed by atoms with Crippen molar-refractivity contribution in [3.05, 3.63) is 89.3 Å². The Bertz CT molecular complexity index is 1160. The number of nitrogens with zero attached hydrogens (tertiary/aromatic N) is 1. The SMILES string of the molecule is CCC=CC(=O)N(CCc1cccc(F)c1)[C@@H]1C=C(C(=O)NCCO)[C@@H]2c3ccccc3O[C@@H]2[C@H]1O. The maximum absolute atomic E-state index is 13.7. The van der Waals surface area contributed by atoms with Crippen LogP contribution in [0.1, 0.15) is 30.4 Å². The number of hydrogen-bond acceptors (Lipinski definition) is 5. The molecule has 1 aliphatic carbocycles. The largest absolute Gasteiger partial charge is 0.486 e. The summed E-state index contributed by atoms with van der Waals surface area (Å²) in [6, 6.07) is 12.6. The van der Waals surface area contributed by atoms with E-state index in [0.717, 1.165) is 5.56 Å². The van der Waals surface area contributed by atoms with Gasteiger partial charge in [0.25, 0.3) is 0 Å². The first kappa shape index (κ1) is 25.6. The number of rotatable bonds is 9. The highest BCUT2D eigenvalue weighted by Gasteiger charge is 2.50. The summed E-state index contributed by atoms with van der Waals surface area (Å²) in [4.78, 5) is 27.9. The molecule has 4 atom stereocenters. The van der Waals surface area contributed by atoms with Gasteiger partial charge in [0.1, 0.15) is 23.8 Å². The summed E-state index contributed by atoms with van der Waals surface area (Å²) >= 11 is 0. The molecule has 0 bridgehead atoms. The van der Waals surface area contributed by atoms with Gasteiger partial charge in [-0.15, -0.1) is 0 Å². The van der Waals surface area contributed by atoms with E-state index in [-0.39, 0.29) is 31.4 Å². The average molecular weight is 495 g/mol. The summed E-state index contributed by atoms with van der Waals surface area (Å²) in [7, 11) is 0. The average Bonchev–Trinajstić information content (AvgIpc) is 3.27. The number of ether oxygens (including phenoxy) is 1. The summed E-state index contributed by atoms with van der Waals surface area (Å²) in [5, 5.41) is 23.4. The molecule has 8 heteroatoms. The molecule has 0 spiro atoms. The number of fused-ring (bicyclic) bond motifs is 3. The number of carbonyl (C=O) groups is 2. The van der Waals surface area contributed by atoms with Crippen molar-refractivity contribution in [2.24, 2.45) is 0 Å². The molecule has 0 radical (unpaired) electrons. The first-order chi connectivity index (χ1) is 17.4. The molecular formula is C28H31FN2O5. The zero-order valence-electron chi connectivity index (χ0n) is 20.1. The normalized spacial score (nSPS) is 22.4. The third-order valence-corrected chi connectivity index (χ3v) is 6.55. The number of nitrogens with one attached hydrogen (secondary N) is 1. The van der Waals surface area contributed by atoms with Gasteiger partial charge in [0, 0.05) is 24.2 Å². The van der Waals surface area contributed by atoms with Crippen LogP contribution in [-0.4, -0.2) is 64.9 Å². The number of benzene rings is 2. The van der Waals surface area contributed by atoms with Gasteiger partial charge >= 0.3 is 0 Å². The van der Waals surface area contributed by atoms with Gasteiger partial charge in [0.2, 0.25) is 11.8 Å². The third kappa shape index (κ3) is 5.34. The van der Waals surface area contributed by atoms with Gasteiger partial charge in [0.15, 0.2) is 0 Å². The van der Waals surface area contributed by atoms with Crippen molar-refractivity contribution < 1.29 is 28.9 Å². The van der Waals surface area contributed by atoms with Crippen molar-refractivity contribution in [1.29, 1.82) is 0 Å². The van der Waals surface area contributed by atoms with E-state index in [4.69, 9.17) is 4.74 Å². The van der Waals surface area contributed by atoms with E-state index in [1.165, 1.54) is 23.1 Å². The Morgan fingerprint density at radius 3 is 2.75 bits per heavy atom. The minimum absolute atomic E-state index is 0.0741. The predicted molar refractivity (Wildman–Crippen MR) is 133 cm³/mol. The monoisotopic (exact) mass is 494 g/mol. The van der Waals surface area contributed by atoms with Crippen LogP contribution in [0.5, 0.6) is 5.75 Å². The molecule has 2 aliphatic rings. The summed E-state index contributed by atoms with van der Waals surface area (Å²) in [5.74, 6) is -1.01. The van der Waals surface area contributed by atoms with Crippen LogP contribution < -0.4 is 10.1 Å². The van der Waals surface area contributed by atoms with Gasteiger partial charge in [-0.25, -0.2) is 4.39 Å². The lowest BCUT2D eigenvalue weighted by Crippen LogP contribution is -2.56. The molecule has 0 fully saturated rings. The molecule has 2 amide bonds. The molecular weight excluding hydrogens is 463 g/mol. The Morgan fingerprint density at radius 1 is 1.19 bits per heavy atom. The molecule has 36 heavy (non-hydrogen) atoms. The van der Waals surface area contributed by atoms with E-state index in [1.807, 2.05) is 25.1 Å². The summed E-state index contributed by atoms with van der Waals surface area (Å²) in [6.07, 6.45) is 3.96. The zero-order chi connectivity index (χ0) is 25.7. The van der Waals surface area contributed by atoms with E-state index in [0.29, 0.717) is 29.7 Å². The molecule has 0 unspecified atom stereocenters. The van der Waals surface area contributed by atoms with Gasteiger partial charge in [-0.1, -0.05) is 43.3 Å². The van der Waals surface area contributed by atoms with Crippen molar-refractivity contribution in [1.82, 2.24) is 10.2 Å². The lowest BCUT2D eigenvalue weighted by molar-refractivity contribution is -0.132. The molecule has 2 aromatic carbocycles. The van der Waals surface area contributed by atoms with Crippen LogP contribution in [0.2, 0.25) is 0 Å². The molecule has 3 N–H and O–H groups in total. The van der Waals surface area contributed by atoms with Gasteiger partial charge < -0.3 is 25.2 Å². The van der Waals surface area contributed by atoms with Crippen LogP contribution >= 0.6 is 0 Å². The predicted octanol–water partition coefficient (Wildman–Crippen LogP) is 2.49. The Morgan fingerprint density at radius 2 is 2.00 bits per heavy atom. The number of para-hydroxylation sites is 1. The molecule has 4 rings (SSSR count). The Labute approximate surface area is 209 Å². The van der Waals surface area contributed by atoms with Gasteiger partial charge in [0.05, 0.1) is 18.6 Å². The highest BCUT2D eigenvalue weighted by molar-refractivity contribution is 5.96. The highest BCUT2D eigenvalue weighted by Crippen LogP contribution is 2.47. The van der Waals surface area contributed by atoms with E-state index in [9.17, 15) is 24.2 Å². The van der Waals surface area contributed by atoms with Crippen LogP contribution in [0.25, 0.3) is 0 Å². The summed E-state index contributed by atoms with van der Waals surface area (Å²) in [6.45, 7) is 1.97. The van der Waals surface area contributed by atoms with Gasteiger partial charge in [-0.3, -0.25) is 9.59 Å². The maximum atomic E-state index is 13.7. The number of allylic oxidation sites excluding steroid dienone is 1. The van der Waals surface area contributed by atoms with Crippen LogP contribution in [-0.2, 0) is 16.0 Å². The molecule has 0 aromatic heterocycles. The third-order valence-electron chi connectivity index (χ3n) is 6.55. The number of halogens is 1. The molecule has 190 valence electrons. The minimum Gasteiger partial charge on any atom is -0.486 e. The summed E-state index contributed by atoms with van der Waals surface area (Å²) in [5.41, 5.74) is 1.87. The number of aliphatic hydroxyl groups excluding tert-OH is 2. The second kappa shape index (κ2) is 11.5. The molecule has 2 aromatic rings. The van der Waals surface area contributed by atoms with Crippen molar-refractivity contribution in [3.8, 4) is 5.75 Å². The second-order valence-electron chi connectivity index (χ2n) is 8.90. The highest BCUT2D eigenvalue weighted by atomic mass is 19.1. The first-order valence-corrected chi connectivity index (χ1v) is 12.2. The number of carbonyl (C=O) groups excluding carboxylic acids is 2. The molecule has 7 nitrogen and oxygen atoms in total. The van der Waals surface area contributed by atoms with Crippen molar-refractivity contribution in [2.75, 3.05) is 19.7 Å². The summed E-state index contributed by atoms with van der Waals surface area (Å²) < 4.78 is 19.8. The molecule has 0 saturated heterocycles. The van der Waals surface area contributed by atoms with Crippen molar-refractivity contribution >= 4 is 11.8 Å². The fourth-order valence-electron chi connectivity index (χ4n) is 4.85. The molecule has 1 heterocycles. The number of aliphatic hydroxyl groups is 2. The van der Waals surface area contributed by atoms with Crippen molar-refractivity contribution in [2.45, 2.75) is 43.9 Å². The lowest BCUT2D eigenvalue weighted by atomic mass is 9.77. The zero-order valence-corrected chi connectivity index (χ0v) is 20.1.